The van der Waals surface area contributed by atoms with Gasteiger partial charge in [-0.2, -0.15) is 0 Å². The van der Waals surface area contributed by atoms with Crippen molar-refractivity contribution in [3.8, 4) is 18.1 Å². The zero-order chi connectivity index (χ0) is 29.8. The van der Waals surface area contributed by atoms with Gasteiger partial charge in [0.15, 0.2) is 11.4 Å². The first-order valence-electron chi connectivity index (χ1n) is 13.0. The van der Waals surface area contributed by atoms with E-state index in [1.165, 1.54) is 4.90 Å². The van der Waals surface area contributed by atoms with Crippen LogP contribution in [0.15, 0.2) is 23.0 Å². The van der Waals surface area contributed by atoms with Crippen LogP contribution in [0, 0.1) is 24.2 Å². The van der Waals surface area contributed by atoms with Crippen LogP contribution in [0.3, 0.4) is 0 Å². The van der Waals surface area contributed by atoms with Gasteiger partial charge < -0.3 is 36.0 Å². The summed E-state index contributed by atoms with van der Waals surface area (Å²) in [6.45, 7) is 0.887. The number of aliphatic hydroxyl groups excluding tert-OH is 2. The molecule has 1 fully saturated rings. The maximum atomic E-state index is 14.0. The van der Waals surface area contributed by atoms with Crippen LogP contribution in [0.1, 0.15) is 29.5 Å². The first-order chi connectivity index (χ1) is 18.7. The molecular formula is C29H36N4O7. The Morgan fingerprint density at radius 3 is 2.38 bits per heavy atom. The molecule has 0 aromatic heterocycles. The Bertz CT molecular complexity index is 1400. The van der Waals surface area contributed by atoms with E-state index in [9.17, 15) is 34.8 Å². The highest BCUT2D eigenvalue weighted by Gasteiger charge is 2.64. The highest BCUT2D eigenvalue weighted by Crippen LogP contribution is 2.54. The third-order valence-electron chi connectivity index (χ3n) is 8.34. The number of phenols is 1. The monoisotopic (exact) mass is 552 g/mol. The maximum Gasteiger partial charge on any atom is 0.255 e. The lowest BCUT2D eigenvalue weighted by molar-refractivity contribution is -0.153. The molecule has 0 aliphatic heterocycles. The van der Waals surface area contributed by atoms with E-state index in [1.807, 2.05) is 37.0 Å². The minimum Gasteiger partial charge on any atom is -0.508 e. The van der Waals surface area contributed by atoms with Crippen LogP contribution in [0.5, 0.6) is 5.75 Å². The molecule has 0 saturated heterocycles. The van der Waals surface area contributed by atoms with Gasteiger partial charge in [0.25, 0.3) is 5.91 Å². The van der Waals surface area contributed by atoms with Crippen LogP contribution in [0.2, 0.25) is 0 Å². The van der Waals surface area contributed by atoms with Gasteiger partial charge in [-0.15, -0.1) is 12.3 Å². The lowest BCUT2D eigenvalue weighted by Crippen LogP contribution is -2.65. The molecule has 4 atom stereocenters. The van der Waals surface area contributed by atoms with E-state index in [-0.39, 0.29) is 29.7 Å². The highest BCUT2D eigenvalue weighted by molar-refractivity contribution is 6.24. The van der Waals surface area contributed by atoms with Crippen LogP contribution in [-0.2, 0) is 27.3 Å². The first kappa shape index (κ1) is 29.1. The van der Waals surface area contributed by atoms with Gasteiger partial charge in [0.05, 0.1) is 11.6 Å². The minimum atomic E-state index is -2.67. The number of ketones is 2. The third-order valence-corrected chi connectivity index (χ3v) is 8.34. The fourth-order valence-electron chi connectivity index (χ4n) is 6.49. The Morgan fingerprint density at radius 1 is 1.18 bits per heavy atom. The number of hydrogen-bond acceptors (Lipinski definition) is 10. The van der Waals surface area contributed by atoms with E-state index in [4.69, 9.17) is 12.2 Å². The normalized spacial score (nSPS) is 26.0. The smallest absolute Gasteiger partial charge is 0.255 e. The number of aliphatic hydroxyl groups is 3. The van der Waals surface area contributed by atoms with Crippen LogP contribution < -0.4 is 10.6 Å². The largest absolute Gasteiger partial charge is 0.508 e. The van der Waals surface area contributed by atoms with Gasteiger partial charge in [0.1, 0.15) is 22.8 Å². The third kappa shape index (κ3) is 4.23. The van der Waals surface area contributed by atoms with Crippen LogP contribution in [0.25, 0.3) is 5.76 Å². The molecule has 1 aromatic rings. The second kappa shape index (κ2) is 10.3. The predicted octanol–water partition coefficient (Wildman–Crippen LogP) is 0.485. The number of nitrogens with two attached hydrogens (primary N) is 1. The predicted molar refractivity (Wildman–Crippen MR) is 148 cm³/mol. The number of hydrogen-bond donors (Lipinski definition) is 5. The fraction of sp³-hybridized carbons (Fsp3) is 0.483. The number of carbonyl (C=O) groups is 3. The zero-order valence-corrected chi connectivity index (χ0v) is 23.4. The summed E-state index contributed by atoms with van der Waals surface area (Å²) in [6.07, 6.45) is 6.15. The van der Waals surface area contributed by atoms with Crippen molar-refractivity contribution in [2.45, 2.75) is 37.5 Å². The fourth-order valence-corrected chi connectivity index (χ4v) is 6.49. The van der Waals surface area contributed by atoms with Gasteiger partial charge >= 0.3 is 0 Å². The van der Waals surface area contributed by atoms with Crippen LogP contribution in [0.4, 0.5) is 5.69 Å². The number of phenolic OH excluding ortho intramolecular Hbond substituents is 1. The van der Waals surface area contributed by atoms with Gasteiger partial charge in [0.2, 0.25) is 5.78 Å². The molecule has 214 valence electrons. The Kier molecular flexibility index (Phi) is 7.49. The minimum absolute atomic E-state index is 0.0377. The molecule has 2 unspecified atom stereocenters. The topological polar surface area (TPSA) is 168 Å². The van der Waals surface area contributed by atoms with E-state index in [0.717, 1.165) is 5.69 Å². The lowest BCUT2D eigenvalue weighted by atomic mass is 9.57. The van der Waals surface area contributed by atoms with Crippen molar-refractivity contribution in [1.29, 1.82) is 0 Å². The molecule has 4 rings (SSSR count). The summed E-state index contributed by atoms with van der Waals surface area (Å²) in [5, 5.41) is 45.7. The Morgan fingerprint density at radius 2 is 1.82 bits per heavy atom. The first-order valence-corrected chi connectivity index (χ1v) is 13.0. The van der Waals surface area contributed by atoms with E-state index < -0.39 is 58.0 Å². The standard InChI is InChI=1S/C29H36N4O7/c1-7-8-9-33(6)13-15-12-18(31(2)3)16-10-14-11-17-22(32(4)5)25(36)21(28(30)39)27(38)29(17,40)26(37)19(14)24(35)20(16)23(15)34/h1,12,14,17,22,34-35,38,40H,8-11,13H2,2-6H3,(H2,30,39)/t14?,17?,22-,29-/m0/s1. The van der Waals surface area contributed by atoms with Gasteiger partial charge in [0, 0.05) is 56.3 Å². The molecule has 0 radical (unpaired) electrons. The van der Waals surface area contributed by atoms with E-state index in [0.29, 0.717) is 30.6 Å². The molecular weight excluding hydrogens is 516 g/mol. The zero-order valence-electron chi connectivity index (χ0n) is 23.4. The highest BCUT2D eigenvalue weighted by atomic mass is 16.3. The summed E-state index contributed by atoms with van der Waals surface area (Å²) < 4.78 is 0. The average Bonchev–Trinajstić information content (AvgIpc) is 2.85. The molecule has 11 heteroatoms. The van der Waals surface area contributed by atoms with Crippen molar-refractivity contribution < 1.29 is 34.8 Å². The van der Waals surface area contributed by atoms with Crippen molar-refractivity contribution in [1.82, 2.24) is 9.80 Å². The van der Waals surface area contributed by atoms with Crippen molar-refractivity contribution in [3.05, 3.63) is 39.7 Å². The number of terminal acetylenes is 1. The molecule has 11 nitrogen and oxygen atoms in total. The quantitative estimate of drug-likeness (QED) is 0.237. The summed E-state index contributed by atoms with van der Waals surface area (Å²) in [5.74, 6) is -4.08. The number of aromatic hydroxyl groups is 1. The molecule has 3 aliphatic carbocycles. The Balaban J connectivity index is 1.94. The van der Waals surface area contributed by atoms with Crippen molar-refractivity contribution in [2.75, 3.05) is 46.7 Å². The maximum absolute atomic E-state index is 14.0. The number of Topliss-reactive ketones (excluding diaryl/α,β-unsaturated/α-hetero) is 2. The van der Waals surface area contributed by atoms with E-state index in [1.54, 1.807) is 14.1 Å². The molecule has 3 aliphatic rings. The molecule has 0 bridgehead atoms. The van der Waals surface area contributed by atoms with E-state index in [2.05, 4.69) is 5.92 Å². The number of carbonyl (C=O) groups excluding carboxylic acids is 3. The molecule has 1 amide bonds. The summed E-state index contributed by atoms with van der Waals surface area (Å²) in [5.41, 5.74) is 3.62. The van der Waals surface area contributed by atoms with Crippen molar-refractivity contribution in [2.24, 2.45) is 17.6 Å². The number of nitrogens with zero attached hydrogens (tertiary/aromatic N) is 3. The number of anilines is 1. The number of rotatable bonds is 7. The number of primary amides is 1. The van der Waals surface area contributed by atoms with Gasteiger partial charge in [-0.3, -0.25) is 19.3 Å². The summed E-state index contributed by atoms with van der Waals surface area (Å²) in [4.78, 5) is 44.7. The number of likely N-dealkylation sites (N-methyl/N-ethyl adjacent to an activating group) is 1. The summed E-state index contributed by atoms with van der Waals surface area (Å²) >= 11 is 0. The SMILES string of the molecule is C#CCCN(C)Cc1cc(N(C)C)c2c(c1O)C(O)=C1C(=O)[C@]3(O)C(O)=C(C(N)=O)C(=O)[C@@H](N(C)C)C3CC1C2. The molecule has 6 N–H and O–H groups in total. The number of amides is 1. The summed E-state index contributed by atoms with van der Waals surface area (Å²) in [7, 11) is 8.64. The summed E-state index contributed by atoms with van der Waals surface area (Å²) in [6, 6.07) is 0.709. The molecule has 0 spiro atoms. The molecule has 1 aromatic carbocycles. The molecule has 1 saturated carbocycles. The number of benzene rings is 1. The lowest BCUT2D eigenvalue weighted by Gasteiger charge is -2.50. The Hall–Kier alpha value is -3.85. The second-order valence-electron chi connectivity index (χ2n) is 11.3. The molecule has 0 heterocycles. The second-order valence-corrected chi connectivity index (χ2v) is 11.3. The van der Waals surface area contributed by atoms with Crippen LogP contribution in [-0.4, -0.2) is 101 Å². The average molecular weight is 553 g/mol. The Labute approximate surface area is 233 Å². The van der Waals surface area contributed by atoms with E-state index >= 15 is 0 Å². The van der Waals surface area contributed by atoms with Gasteiger partial charge in [-0.1, -0.05) is 0 Å². The van der Waals surface area contributed by atoms with Crippen molar-refractivity contribution in [3.63, 3.8) is 0 Å². The number of fused-ring (bicyclic) bond motifs is 3. The van der Waals surface area contributed by atoms with Crippen LogP contribution >= 0.6 is 0 Å². The van der Waals surface area contributed by atoms with Gasteiger partial charge in [-0.25, -0.2) is 0 Å². The molecule has 40 heavy (non-hydrogen) atoms. The van der Waals surface area contributed by atoms with Gasteiger partial charge in [-0.05, 0) is 51.5 Å². The van der Waals surface area contributed by atoms with Crippen molar-refractivity contribution >= 4 is 28.9 Å².